The van der Waals surface area contributed by atoms with E-state index >= 15 is 0 Å². The first-order chi connectivity index (χ1) is 6.81. The molecule has 0 aromatic heterocycles. The van der Waals surface area contributed by atoms with Gasteiger partial charge in [-0.05, 0) is 6.07 Å². The Kier molecular flexibility index (Phi) is 3.15. The molecule has 0 saturated heterocycles. The van der Waals surface area contributed by atoms with Crippen LogP contribution in [0.2, 0.25) is 5.02 Å². The molecule has 0 aliphatic heterocycles. The highest BCUT2D eigenvalue weighted by atomic mass is 35.5. The zero-order chi connectivity index (χ0) is 11.6. The zero-order valence-corrected chi connectivity index (χ0v) is 9.08. The van der Waals surface area contributed by atoms with Gasteiger partial charge in [0.15, 0.2) is 0 Å². The number of para-hydroxylation sites is 1. The smallest absolute Gasteiger partial charge is 0.314 e. The van der Waals surface area contributed by atoms with E-state index in [0.29, 0.717) is 0 Å². The van der Waals surface area contributed by atoms with E-state index in [1.54, 1.807) is 0 Å². The number of hydrogen-bond donors (Lipinski definition) is 0. The van der Waals surface area contributed by atoms with Crippen LogP contribution in [-0.2, 0) is 10.1 Å². The maximum absolute atomic E-state index is 10.8. The van der Waals surface area contributed by atoms with Crippen LogP contribution in [-0.4, -0.2) is 19.6 Å². The van der Waals surface area contributed by atoms with Crippen LogP contribution in [0, 0.1) is 10.1 Å². The van der Waals surface area contributed by atoms with E-state index in [1.165, 1.54) is 12.1 Å². The van der Waals surface area contributed by atoms with Gasteiger partial charge < -0.3 is 4.18 Å². The summed E-state index contributed by atoms with van der Waals surface area (Å²) < 4.78 is 26.1. The molecule has 0 spiro atoms. The van der Waals surface area contributed by atoms with Crippen molar-refractivity contribution in [3.8, 4) is 5.75 Å². The van der Waals surface area contributed by atoms with Crippen LogP contribution in [0.4, 0.5) is 5.69 Å². The fraction of sp³-hybridized carbons (Fsp3) is 0.143. The molecule has 0 radical (unpaired) electrons. The van der Waals surface area contributed by atoms with Gasteiger partial charge in [-0.25, -0.2) is 0 Å². The Labute approximate surface area is 90.7 Å². The molecule has 1 aromatic rings. The highest BCUT2D eigenvalue weighted by molar-refractivity contribution is 7.86. The lowest BCUT2D eigenvalue weighted by atomic mass is 10.3. The number of benzene rings is 1. The van der Waals surface area contributed by atoms with E-state index in [-0.39, 0.29) is 5.02 Å². The number of halogens is 1. The van der Waals surface area contributed by atoms with Crippen LogP contribution in [0.25, 0.3) is 0 Å². The molecule has 0 N–H and O–H groups in total. The normalized spacial score (nSPS) is 11.1. The lowest BCUT2D eigenvalue weighted by Crippen LogP contribution is -2.07. The summed E-state index contributed by atoms with van der Waals surface area (Å²) >= 11 is 5.59. The van der Waals surface area contributed by atoms with Gasteiger partial charge in [-0.2, -0.15) is 8.42 Å². The number of nitrogens with zero attached hydrogens (tertiary/aromatic N) is 1. The van der Waals surface area contributed by atoms with Crippen molar-refractivity contribution in [2.45, 2.75) is 0 Å². The minimum absolute atomic E-state index is 0.130. The molecule has 15 heavy (non-hydrogen) atoms. The van der Waals surface area contributed by atoms with Crippen LogP contribution in [0.5, 0.6) is 5.75 Å². The minimum atomic E-state index is -3.84. The molecule has 0 bridgehead atoms. The van der Waals surface area contributed by atoms with Crippen molar-refractivity contribution in [1.29, 1.82) is 0 Å². The van der Waals surface area contributed by atoms with Crippen LogP contribution < -0.4 is 4.18 Å². The van der Waals surface area contributed by atoms with E-state index < -0.39 is 26.5 Å². The van der Waals surface area contributed by atoms with Crippen molar-refractivity contribution < 1.29 is 17.5 Å². The highest BCUT2D eigenvalue weighted by Crippen LogP contribution is 2.35. The molecular formula is C7H6ClNO5S. The molecule has 82 valence electrons. The molecule has 0 unspecified atom stereocenters. The van der Waals surface area contributed by atoms with Crippen LogP contribution >= 0.6 is 11.6 Å². The molecule has 0 heterocycles. The summed E-state index contributed by atoms with van der Waals surface area (Å²) in [6, 6.07) is 3.73. The number of rotatable bonds is 3. The first-order valence-corrected chi connectivity index (χ1v) is 5.83. The topological polar surface area (TPSA) is 86.5 Å². The Morgan fingerprint density at radius 2 is 2.07 bits per heavy atom. The third-order valence-corrected chi connectivity index (χ3v) is 2.14. The van der Waals surface area contributed by atoms with Gasteiger partial charge in [0.05, 0.1) is 16.2 Å². The second-order valence-corrected chi connectivity index (χ2v) is 4.61. The maximum Gasteiger partial charge on any atom is 0.314 e. The fourth-order valence-electron chi connectivity index (χ4n) is 0.875. The second kappa shape index (κ2) is 4.03. The number of nitro groups is 1. The van der Waals surface area contributed by atoms with Gasteiger partial charge in [0, 0.05) is 6.07 Å². The molecule has 0 aliphatic rings. The Hall–Kier alpha value is -1.34. The molecule has 0 amide bonds. The largest absolute Gasteiger partial charge is 0.374 e. The molecule has 0 saturated carbocycles. The summed E-state index contributed by atoms with van der Waals surface area (Å²) in [5, 5.41) is 10.4. The lowest BCUT2D eigenvalue weighted by molar-refractivity contribution is -0.385. The predicted octanol–water partition coefficient (Wildman–Crippen LogP) is 1.59. The van der Waals surface area contributed by atoms with Crippen LogP contribution in [0.3, 0.4) is 0 Å². The second-order valence-electron chi connectivity index (χ2n) is 2.63. The summed E-state index contributed by atoms with van der Waals surface area (Å²) in [6.45, 7) is 0. The molecule has 0 aliphatic carbocycles. The molecule has 0 atom stereocenters. The highest BCUT2D eigenvalue weighted by Gasteiger charge is 2.21. The molecule has 1 rings (SSSR count). The van der Waals surface area contributed by atoms with Gasteiger partial charge in [-0.1, -0.05) is 17.7 Å². The SMILES string of the molecule is CS(=O)(=O)Oc1c(Cl)cccc1[N+](=O)[O-]. The van der Waals surface area contributed by atoms with Crippen molar-refractivity contribution in [3.05, 3.63) is 33.3 Å². The van der Waals surface area contributed by atoms with Crippen molar-refractivity contribution in [2.75, 3.05) is 6.26 Å². The van der Waals surface area contributed by atoms with E-state index in [9.17, 15) is 18.5 Å². The van der Waals surface area contributed by atoms with Gasteiger partial charge >= 0.3 is 15.8 Å². The molecule has 6 nitrogen and oxygen atoms in total. The van der Waals surface area contributed by atoms with E-state index in [0.717, 1.165) is 12.3 Å². The van der Waals surface area contributed by atoms with Gasteiger partial charge in [-0.3, -0.25) is 10.1 Å². The standard InChI is InChI=1S/C7H6ClNO5S/c1-15(12,13)14-7-5(8)3-2-4-6(7)9(10)11/h2-4H,1H3. The van der Waals surface area contributed by atoms with Crippen LogP contribution in [0.15, 0.2) is 18.2 Å². The molecule has 1 aromatic carbocycles. The third kappa shape index (κ3) is 3.07. The summed E-state index contributed by atoms with van der Waals surface area (Å²) in [5.41, 5.74) is -0.493. The Morgan fingerprint density at radius 3 is 2.53 bits per heavy atom. The Bertz CT molecular complexity index is 498. The molecule has 8 heteroatoms. The summed E-state index contributed by atoms with van der Waals surface area (Å²) in [5.74, 6) is -0.466. The van der Waals surface area contributed by atoms with Crippen molar-refractivity contribution in [3.63, 3.8) is 0 Å². The quantitative estimate of drug-likeness (QED) is 0.462. The van der Waals surface area contributed by atoms with Crippen molar-refractivity contribution >= 4 is 27.4 Å². The van der Waals surface area contributed by atoms with Gasteiger partial charge in [0.25, 0.3) is 0 Å². The van der Waals surface area contributed by atoms with Crippen molar-refractivity contribution in [1.82, 2.24) is 0 Å². The first kappa shape index (κ1) is 11.7. The van der Waals surface area contributed by atoms with Gasteiger partial charge in [-0.15, -0.1) is 0 Å². The van der Waals surface area contributed by atoms with E-state index in [1.807, 2.05) is 0 Å². The van der Waals surface area contributed by atoms with Gasteiger partial charge in [0.2, 0.25) is 5.75 Å². The van der Waals surface area contributed by atoms with E-state index in [2.05, 4.69) is 4.18 Å². The molecule has 0 fully saturated rings. The average molecular weight is 252 g/mol. The number of nitro benzene ring substituents is 1. The lowest BCUT2D eigenvalue weighted by Gasteiger charge is -2.04. The Morgan fingerprint density at radius 1 is 1.47 bits per heavy atom. The summed E-state index contributed by atoms with van der Waals surface area (Å²) in [6.07, 6.45) is 0.778. The van der Waals surface area contributed by atoms with Crippen LogP contribution in [0.1, 0.15) is 0 Å². The first-order valence-electron chi connectivity index (χ1n) is 3.63. The maximum atomic E-state index is 10.8. The zero-order valence-electron chi connectivity index (χ0n) is 7.51. The Balaban J connectivity index is 3.32. The van der Waals surface area contributed by atoms with E-state index in [4.69, 9.17) is 11.6 Å². The summed E-state index contributed by atoms with van der Waals surface area (Å²) in [4.78, 5) is 9.76. The average Bonchev–Trinajstić information content (AvgIpc) is 2.05. The monoisotopic (exact) mass is 251 g/mol. The van der Waals surface area contributed by atoms with Crippen molar-refractivity contribution in [2.24, 2.45) is 0 Å². The fourth-order valence-corrected chi connectivity index (χ4v) is 1.61. The summed E-state index contributed by atoms with van der Waals surface area (Å²) in [7, 11) is -3.84. The third-order valence-electron chi connectivity index (χ3n) is 1.38. The predicted molar refractivity (Wildman–Crippen MR) is 53.6 cm³/mol. The van der Waals surface area contributed by atoms with Gasteiger partial charge in [0.1, 0.15) is 0 Å². The molecular weight excluding hydrogens is 246 g/mol. The number of hydrogen-bond acceptors (Lipinski definition) is 5. The minimum Gasteiger partial charge on any atom is -0.374 e.